The summed E-state index contributed by atoms with van der Waals surface area (Å²) >= 11 is 0. The minimum atomic E-state index is -0.164. The molecule has 1 amide bonds. The number of primary amides is 1. The summed E-state index contributed by atoms with van der Waals surface area (Å²) in [6.07, 6.45) is 2.99. The quantitative estimate of drug-likeness (QED) is 0.844. The van der Waals surface area contributed by atoms with Gasteiger partial charge in [0.2, 0.25) is 5.91 Å². The van der Waals surface area contributed by atoms with Crippen molar-refractivity contribution >= 4 is 5.91 Å². The molecular weight excluding hydrogens is 202 g/mol. The molecule has 16 heavy (non-hydrogen) atoms. The Morgan fingerprint density at radius 2 is 2.25 bits per heavy atom. The number of hydrogen-bond acceptors (Lipinski definition) is 2. The summed E-state index contributed by atoms with van der Waals surface area (Å²) in [6.45, 7) is 3.95. The normalized spacial score (nSPS) is 35.4. The van der Waals surface area contributed by atoms with Crippen LogP contribution in [-0.2, 0) is 11.2 Å². The van der Waals surface area contributed by atoms with Gasteiger partial charge >= 0.3 is 0 Å². The molecule has 1 aromatic rings. The molecule has 4 rings (SSSR count). The lowest BCUT2D eigenvalue weighted by Gasteiger charge is -2.66. The molecule has 0 radical (unpaired) electrons. The second kappa shape index (κ2) is 2.90. The van der Waals surface area contributed by atoms with Gasteiger partial charge in [0.05, 0.1) is 5.41 Å². The van der Waals surface area contributed by atoms with E-state index in [1.807, 2.05) is 13.8 Å². The summed E-state index contributed by atoms with van der Waals surface area (Å²) in [7, 11) is 0. The van der Waals surface area contributed by atoms with Crippen LogP contribution < -0.4 is 5.73 Å². The highest BCUT2D eigenvalue weighted by molar-refractivity contribution is 5.84. The fraction of sp³-hybridized carbons (Fsp3) is 0.615. The van der Waals surface area contributed by atoms with Crippen LogP contribution in [0.1, 0.15) is 29.9 Å². The van der Waals surface area contributed by atoms with Crippen molar-refractivity contribution < 1.29 is 9.21 Å². The number of aryl methyl sites for hydroxylation is 2. The Morgan fingerprint density at radius 1 is 1.56 bits per heavy atom. The van der Waals surface area contributed by atoms with Crippen LogP contribution in [0.15, 0.2) is 10.5 Å². The van der Waals surface area contributed by atoms with Crippen molar-refractivity contribution in [3.63, 3.8) is 0 Å². The van der Waals surface area contributed by atoms with Gasteiger partial charge in [-0.25, -0.2) is 0 Å². The van der Waals surface area contributed by atoms with Crippen molar-refractivity contribution in [2.75, 3.05) is 0 Å². The molecule has 0 aromatic carbocycles. The van der Waals surface area contributed by atoms with Gasteiger partial charge in [-0.15, -0.1) is 0 Å². The topological polar surface area (TPSA) is 56.2 Å². The van der Waals surface area contributed by atoms with Crippen molar-refractivity contribution in [1.82, 2.24) is 0 Å². The first-order valence-electron chi connectivity index (χ1n) is 5.89. The highest BCUT2D eigenvalue weighted by atomic mass is 16.3. The molecule has 3 aliphatic rings. The lowest BCUT2D eigenvalue weighted by molar-refractivity contribution is -0.195. The molecule has 0 spiro atoms. The number of rotatable bonds is 3. The average Bonchev–Trinajstić information content (AvgIpc) is 2.37. The Labute approximate surface area is 95.0 Å². The molecule has 3 nitrogen and oxygen atoms in total. The van der Waals surface area contributed by atoms with Crippen LogP contribution in [0.4, 0.5) is 0 Å². The van der Waals surface area contributed by atoms with E-state index in [-0.39, 0.29) is 11.3 Å². The zero-order chi connectivity index (χ0) is 11.5. The monoisotopic (exact) mass is 219 g/mol. The minimum Gasteiger partial charge on any atom is -0.466 e. The average molecular weight is 219 g/mol. The Balaban J connectivity index is 1.78. The van der Waals surface area contributed by atoms with Crippen LogP contribution in [0.25, 0.3) is 0 Å². The van der Waals surface area contributed by atoms with Gasteiger partial charge in [0, 0.05) is 0 Å². The molecule has 86 valence electrons. The maximum Gasteiger partial charge on any atom is 0.223 e. The van der Waals surface area contributed by atoms with Crippen molar-refractivity contribution in [2.24, 2.45) is 23.0 Å². The summed E-state index contributed by atoms with van der Waals surface area (Å²) in [5.41, 5.74) is 6.58. The molecule has 3 aliphatic carbocycles. The van der Waals surface area contributed by atoms with Crippen LogP contribution in [0, 0.1) is 31.1 Å². The predicted molar refractivity (Wildman–Crippen MR) is 59.7 cm³/mol. The molecule has 0 aliphatic heterocycles. The molecule has 3 saturated carbocycles. The molecule has 1 heterocycles. The zero-order valence-electron chi connectivity index (χ0n) is 9.75. The number of furan rings is 1. The molecule has 3 fully saturated rings. The first-order chi connectivity index (χ1) is 7.53. The second-order valence-corrected chi connectivity index (χ2v) is 5.44. The van der Waals surface area contributed by atoms with Crippen LogP contribution in [0.2, 0.25) is 0 Å². The van der Waals surface area contributed by atoms with Crippen molar-refractivity contribution in [3.05, 3.63) is 23.2 Å². The van der Waals surface area contributed by atoms with E-state index in [2.05, 4.69) is 6.07 Å². The lowest BCUT2D eigenvalue weighted by Crippen LogP contribution is -2.67. The Morgan fingerprint density at radius 3 is 2.62 bits per heavy atom. The van der Waals surface area contributed by atoms with Gasteiger partial charge in [-0.3, -0.25) is 4.79 Å². The van der Waals surface area contributed by atoms with Gasteiger partial charge in [0.1, 0.15) is 11.5 Å². The molecule has 2 bridgehead atoms. The highest BCUT2D eigenvalue weighted by Crippen LogP contribution is 2.69. The Kier molecular flexibility index (Phi) is 1.80. The number of amides is 1. The predicted octanol–water partition coefficient (Wildman–Crippen LogP) is 1.95. The van der Waals surface area contributed by atoms with Crippen LogP contribution in [0.3, 0.4) is 0 Å². The van der Waals surface area contributed by atoms with Crippen molar-refractivity contribution in [3.8, 4) is 0 Å². The number of carbonyl (C=O) groups excluding carboxylic acids is 1. The van der Waals surface area contributed by atoms with E-state index in [1.54, 1.807) is 0 Å². The van der Waals surface area contributed by atoms with E-state index in [9.17, 15) is 4.79 Å². The van der Waals surface area contributed by atoms with Gasteiger partial charge in [-0.05, 0) is 56.6 Å². The fourth-order valence-corrected chi connectivity index (χ4v) is 3.46. The summed E-state index contributed by atoms with van der Waals surface area (Å²) in [4.78, 5) is 11.4. The third-order valence-electron chi connectivity index (χ3n) is 4.61. The smallest absolute Gasteiger partial charge is 0.223 e. The van der Waals surface area contributed by atoms with E-state index in [0.29, 0.717) is 5.92 Å². The van der Waals surface area contributed by atoms with Gasteiger partial charge in [0.15, 0.2) is 0 Å². The van der Waals surface area contributed by atoms with Gasteiger partial charge in [-0.2, -0.15) is 0 Å². The molecule has 2 N–H and O–H groups in total. The maximum atomic E-state index is 11.4. The highest BCUT2D eigenvalue weighted by Gasteiger charge is 2.68. The van der Waals surface area contributed by atoms with E-state index in [1.165, 1.54) is 5.56 Å². The van der Waals surface area contributed by atoms with Gasteiger partial charge < -0.3 is 10.2 Å². The van der Waals surface area contributed by atoms with Gasteiger partial charge in [-0.1, -0.05) is 0 Å². The van der Waals surface area contributed by atoms with Crippen molar-refractivity contribution in [2.45, 2.75) is 33.1 Å². The maximum absolute atomic E-state index is 11.4. The molecule has 1 aromatic heterocycles. The fourth-order valence-electron chi connectivity index (χ4n) is 3.46. The molecule has 3 heteroatoms. The van der Waals surface area contributed by atoms with E-state index in [4.69, 9.17) is 10.2 Å². The lowest BCUT2D eigenvalue weighted by atomic mass is 9.36. The van der Waals surface area contributed by atoms with E-state index >= 15 is 0 Å². The van der Waals surface area contributed by atoms with Gasteiger partial charge in [0.25, 0.3) is 0 Å². The van der Waals surface area contributed by atoms with Crippen LogP contribution in [0.5, 0.6) is 0 Å². The molecule has 1 unspecified atom stereocenters. The first kappa shape index (κ1) is 9.94. The Hall–Kier alpha value is -1.25. The molecular formula is C13H17NO2. The zero-order valence-corrected chi connectivity index (χ0v) is 9.75. The first-order valence-corrected chi connectivity index (χ1v) is 5.89. The SMILES string of the molecule is Cc1cc(CC2C3CC2(C(N)=O)C3)c(C)o1. The standard InChI is InChI=1S/C13H17NO2/c1-7-3-9(8(2)16-7)4-11-10-5-13(11,6-10)12(14)15/h3,10-11H,4-6H2,1-2H3,(H2,14,15). The third-order valence-corrected chi connectivity index (χ3v) is 4.61. The minimum absolute atomic E-state index is 0.0992. The number of hydrogen-bond donors (Lipinski definition) is 1. The Bertz CT molecular complexity index is 454. The summed E-state index contributed by atoms with van der Waals surface area (Å²) < 4.78 is 5.51. The second-order valence-electron chi connectivity index (χ2n) is 5.44. The molecule has 0 saturated heterocycles. The van der Waals surface area contributed by atoms with Crippen LogP contribution in [-0.4, -0.2) is 5.91 Å². The summed E-state index contributed by atoms with van der Waals surface area (Å²) in [6, 6.07) is 2.09. The van der Waals surface area contributed by atoms with Crippen molar-refractivity contribution in [1.29, 1.82) is 0 Å². The number of nitrogens with two attached hydrogens (primary N) is 1. The summed E-state index contributed by atoms with van der Waals surface area (Å²) in [5, 5.41) is 0. The largest absolute Gasteiger partial charge is 0.466 e. The third kappa shape index (κ3) is 1.06. The summed E-state index contributed by atoms with van der Waals surface area (Å²) in [5.74, 6) is 3.04. The number of carbonyl (C=O) groups is 1. The molecule has 1 atom stereocenters. The van der Waals surface area contributed by atoms with Crippen LogP contribution >= 0.6 is 0 Å². The van der Waals surface area contributed by atoms with E-state index in [0.717, 1.165) is 36.7 Å². The van der Waals surface area contributed by atoms with E-state index < -0.39 is 0 Å².